The molecule has 0 bridgehead atoms. The molecular weight excluding hydrogens is 248 g/mol. The van der Waals surface area contributed by atoms with Crippen molar-refractivity contribution in [3.05, 3.63) is 60.7 Å². The van der Waals surface area contributed by atoms with Crippen LogP contribution in [0.15, 0.2) is 60.7 Å². The van der Waals surface area contributed by atoms with E-state index in [1.165, 1.54) is 11.1 Å². The third-order valence-corrected chi connectivity index (χ3v) is 1.88. The molecule has 2 rings (SSSR count). The van der Waals surface area contributed by atoms with E-state index in [2.05, 4.69) is 48.5 Å². The molecule has 0 atom stereocenters. The van der Waals surface area contributed by atoms with Crippen molar-refractivity contribution in [1.82, 2.24) is 0 Å². The van der Waals surface area contributed by atoms with Crippen molar-refractivity contribution >= 4 is 11.0 Å². The van der Waals surface area contributed by atoms with Crippen LogP contribution in [0.1, 0.15) is 0 Å². The van der Waals surface area contributed by atoms with Crippen LogP contribution in [0.3, 0.4) is 0 Å². The molecule has 0 heterocycles. The SMILES string of the molecule is F.F.F.F.[SiH4].c1ccc(-c2ccccc2)cc1. The van der Waals surface area contributed by atoms with Crippen LogP contribution in [0.5, 0.6) is 0 Å². The molecule has 0 N–H and O–H groups in total. The fourth-order valence-corrected chi connectivity index (χ4v) is 1.26. The second kappa shape index (κ2) is 12.4. The highest BCUT2D eigenvalue weighted by atomic mass is 28.1. The first-order valence-electron chi connectivity index (χ1n) is 4.07. The van der Waals surface area contributed by atoms with Gasteiger partial charge in [-0.25, -0.2) is 0 Å². The maximum absolute atomic E-state index is 2.12. The molecule has 0 amide bonds. The Morgan fingerprint density at radius 3 is 0.882 bits per heavy atom. The third-order valence-electron chi connectivity index (χ3n) is 1.88. The average Bonchev–Trinajstić information content (AvgIpc) is 2.21. The Morgan fingerprint density at radius 2 is 0.647 bits per heavy atom. The largest absolute Gasteiger partial charge is 0.269 e. The van der Waals surface area contributed by atoms with Crippen molar-refractivity contribution in [2.24, 2.45) is 0 Å². The highest BCUT2D eigenvalue weighted by molar-refractivity contribution is 5.75. The first-order valence-corrected chi connectivity index (χ1v) is 4.07. The van der Waals surface area contributed by atoms with Crippen LogP contribution in [-0.2, 0) is 0 Å². The van der Waals surface area contributed by atoms with Crippen LogP contribution in [0, 0.1) is 0 Å². The molecule has 0 aliphatic carbocycles. The van der Waals surface area contributed by atoms with Gasteiger partial charge in [-0.2, -0.15) is 0 Å². The minimum absolute atomic E-state index is 0. The first kappa shape index (κ1) is 24.6. The summed E-state index contributed by atoms with van der Waals surface area (Å²) in [5.41, 5.74) is 2.55. The van der Waals surface area contributed by atoms with Crippen LogP contribution >= 0.6 is 0 Å². The van der Waals surface area contributed by atoms with E-state index in [0.29, 0.717) is 0 Å². The van der Waals surface area contributed by atoms with Gasteiger partial charge in [0, 0.05) is 0 Å². The van der Waals surface area contributed by atoms with E-state index in [4.69, 9.17) is 0 Å². The molecule has 0 aliphatic heterocycles. The molecule has 0 unspecified atom stereocenters. The van der Waals surface area contributed by atoms with Gasteiger partial charge in [0.1, 0.15) is 0 Å². The molecule has 17 heavy (non-hydrogen) atoms. The fraction of sp³-hybridized carbons (Fsp3) is 0. The van der Waals surface area contributed by atoms with E-state index in [9.17, 15) is 0 Å². The topological polar surface area (TPSA) is 0 Å². The van der Waals surface area contributed by atoms with Crippen LogP contribution in [-0.4, -0.2) is 11.0 Å². The maximum Gasteiger partial charge on any atom is -0.0149 e. The fourth-order valence-electron chi connectivity index (χ4n) is 1.26. The Hall–Kier alpha value is -1.62. The molecule has 0 aliphatic rings. The summed E-state index contributed by atoms with van der Waals surface area (Å²) in [7, 11) is 0. The Labute approximate surface area is 102 Å². The minimum atomic E-state index is 0. The second-order valence-corrected chi connectivity index (χ2v) is 2.73. The number of halogens is 4. The zero-order valence-corrected chi connectivity index (χ0v) is 8.41. The van der Waals surface area contributed by atoms with Gasteiger partial charge in [-0.1, -0.05) is 60.7 Å². The summed E-state index contributed by atoms with van der Waals surface area (Å²) < 4.78 is 0. The highest BCUT2D eigenvalue weighted by Crippen LogP contribution is 2.17. The third kappa shape index (κ3) is 6.52. The molecule has 0 saturated carbocycles. The van der Waals surface area contributed by atoms with Gasteiger partial charge in [-0.15, -0.1) is 0 Å². The van der Waals surface area contributed by atoms with E-state index < -0.39 is 0 Å². The van der Waals surface area contributed by atoms with E-state index in [-0.39, 0.29) is 29.8 Å². The number of benzene rings is 2. The van der Waals surface area contributed by atoms with Crippen molar-refractivity contribution in [2.45, 2.75) is 0 Å². The van der Waals surface area contributed by atoms with Gasteiger partial charge in [0.2, 0.25) is 0 Å². The second-order valence-electron chi connectivity index (χ2n) is 2.73. The first-order chi connectivity index (χ1) is 5.97. The molecular formula is C12H18F4Si. The van der Waals surface area contributed by atoms with Crippen molar-refractivity contribution in [1.29, 1.82) is 0 Å². The van der Waals surface area contributed by atoms with Crippen molar-refractivity contribution < 1.29 is 18.8 Å². The van der Waals surface area contributed by atoms with Crippen LogP contribution in [0.4, 0.5) is 18.8 Å². The lowest BCUT2D eigenvalue weighted by molar-refractivity contribution is 1.11. The number of hydrogen-bond donors (Lipinski definition) is 0. The van der Waals surface area contributed by atoms with E-state index in [0.717, 1.165) is 0 Å². The Morgan fingerprint density at radius 1 is 0.412 bits per heavy atom. The van der Waals surface area contributed by atoms with Gasteiger partial charge < -0.3 is 0 Å². The molecule has 0 spiro atoms. The summed E-state index contributed by atoms with van der Waals surface area (Å²) >= 11 is 0. The lowest BCUT2D eigenvalue weighted by atomic mass is 10.1. The van der Waals surface area contributed by atoms with Gasteiger partial charge in [0.15, 0.2) is 0 Å². The van der Waals surface area contributed by atoms with E-state index in [1.807, 2.05) is 12.1 Å². The zero-order chi connectivity index (χ0) is 8.23. The average molecular weight is 266 g/mol. The molecule has 5 heteroatoms. The Kier molecular flexibility index (Phi) is 18.0. The lowest BCUT2D eigenvalue weighted by Crippen LogP contribution is -1.73. The van der Waals surface area contributed by atoms with Gasteiger partial charge in [0.25, 0.3) is 0 Å². The Balaban J connectivity index is -0.000000169. The van der Waals surface area contributed by atoms with Crippen LogP contribution < -0.4 is 0 Å². The van der Waals surface area contributed by atoms with Gasteiger partial charge >= 0.3 is 0 Å². The molecule has 2 aromatic rings. The predicted molar refractivity (Wildman–Crippen MR) is 73.2 cm³/mol. The molecule has 0 radical (unpaired) electrons. The number of rotatable bonds is 1. The van der Waals surface area contributed by atoms with Gasteiger partial charge in [-0.05, 0) is 22.1 Å². The Bertz CT molecular complexity index is 316. The standard InChI is InChI=1S/C12H10.4FH.H4Si/c1-3-7-11(8-4-1)12-9-5-2-6-10-12;;;;;/h1-10H;4*1H;1H4. The molecule has 0 fully saturated rings. The predicted octanol–water partition coefficient (Wildman–Crippen LogP) is 2.51. The molecule has 0 aromatic heterocycles. The summed E-state index contributed by atoms with van der Waals surface area (Å²) in [6, 6.07) is 20.8. The zero-order valence-electron chi connectivity index (χ0n) is 8.41. The summed E-state index contributed by atoms with van der Waals surface area (Å²) in [6.07, 6.45) is 0. The maximum atomic E-state index is 2.12. The van der Waals surface area contributed by atoms with Gasteiger partial charge in [0.05, 0.1) is 0 Å². The van der Waals surface area contributed by atoms with E-state index in [1.54, 1.807) is 0 Å². The van der Waals surface area contributed by atoms with Crippen LogP contribution in [0.2, 0.25) is 0 Å². The molecule has 0 saturated heterocycles. The van der Waals surface area contributed by atoms with Crippen LogP contribution in [0.25, 0.3) is 11.1 Å². The van der Waals surface area contributed by atoms with Gasteiger partial charge in [-0.3, -0.25) is 18.8 Å². The smallest absolute Gasteiger partial charge is 0.0149 e. The minimum Gasteiger partial charge on any atom is -0.269 e. The van der Waals surface area contributed by atoms with E-state index >= 15 is 0 Å². The number of hydrogen-bond acceptors (Lipinski definition) is 0. The quantitative estimate of drug-likeness (QED) is 0.549. The molecule has 0 nitrogen and oxygen atoms in total. The summed E-state index contributed by atoms with van der Waals surface area (Å²) in [4.78, 5) is 0. The molecule has 98 valence electrons. The molecule has 2 aromatic carbocycles. The van der Waals surface area contributed by atoms with Crippen molar-refractivity contribution in [3.63, 3.8) is 0 Å². The summed E-state index contributed by atoms with van der Waals surface area (Å²) in [6.45, 7) is 0. The lowest BCUT2D eigenvalue weighted by Gasteiger charge is -1.98. The monoisotopic (exact) mass is 266 g/mol. The normalized spacial score (nSPS) is 6.82. The highest BCUT2D eigenvalue weighted by Gasteiger charge is 1.91. The summed E-state index contributed by atoms with van der Waals surface area (Å²) in [5, 5.41) is 0. The van der Waals surface area contributed by atoms with Crippen molar-refractivity contribution in [3.8, 4) is 11.1 Å². The van der Waals surface area contributed by atoms with Crippen molar-refractivity contribution in [2.75, 3.05) is 0 Å². The summed E-state index contributed by atoms with van der Waals surface area (Å²) in [5.74, 6) is 0.